The summed E-state index contributed by atoms with van der Waals surface area (Å²) in [5.74, 6) is 0.246. The second-order valence-corrected chi connectivity index (χ2v) is 4.33. The predicted molar refractivity (Wildman–Crippen MR) is 75.4 cm³/mol. The van der Waals surface area contributed by atoms with Gasteiger partial charge >= 0.3 is 0 Å². The summed E-state index contributed by atoms with van der Waals surface area (Å²) in [7, 11) is 1.60. The van der Waals surface area contributed by atoms with Crippen molar-refractivity contribution < 1.29 is 13.9 Å². The van der Waals surface area contributed by atoms with Crippen molar-refractivity contribution in [2.45, 2.75) is 6.42 Å². The van der Waals surface area contributed by atoms with E-state index in [-0.39, 0.29) is 11.7 Å². The summed E-state index contributed by atoms with van der Waals surface area (Å²) in [6, 6.07) is 13.3. The number of benzene rings is 2. The Morgan fingerprint density at radius 1 is 1.20 bits per heavy atom. The summed E-state index contributed by atoms with van der Waals surface area (Å²) in [6.45, 7) is 0.475. The number of ether oxygens (including phenoxy) is 1. The fraction of sp³-hybridized carbons (Fsp3) is 0.188. The Kier molecular flexibility index (Phi) is 4.71. The van der Waals surface area contributed by atoms with Gasteiger partial charge in [-0.3, -0.25) is 4.79 Å². The van der Waals surface area contributed by atoms with E-state index in [0.717, 1.165) is 5.56 Å². The minimum absolute atomic E-state index is 0.105. The molecule has 0 unspecified atom stereocenters. The number of amides is 1. The van der Waals surface area contributed by atoms with Crippen molar-refractivity contribution in [3.05, 3.63) is 65.5 Å². The zero-order valence-corrected chi connectivity index (χ0v) is 11.2. The first-order valence-corrected chi connectivity index (χ1v) is 6.38. The molecule has 0 spiro atoms. The first-order valence-electron chi connectivity index (χ1n) is 6.38. The molecule has 0 fully saturated rings. The van der Waals surface area contributed by atoms with Gasteiger partial charge in [0.15, 0.2) is 0 Å². The highest BCUT2D eigenvalue weighted by Gasteiger charge is 2.03. The molecule has 0 atom stereocenters. The van der Waals surface area contributed by atoms with Crippen molar-refractivity contribution in [2.24, 2.45) is 0 Å². The molecule has 2 aromatic carbocycles. The normalized spacial score (nSPS) is 10.1. The first kappa shape index (κ1) is 14.1. The van der Waals surface area contributed by atoms with Crippen LogP contribution in [-0.4, -0.2) is 19.6 Å². The number of carbonyl (C=O) groups excluding carboxylic acids is 1. The molecule has 0 saturated heterocycles. The molecule has 2 aromatic rings. The molecule has 2 rings (SSSR count). The van der Waals surface area contributed by atoms with E-state index in [9.17, 15) is 9.18 Å². The lowest BCUT2D eigenvalue weighted by molar-refractivity contribution is 0.0963. The number of hydrogen-bond donors (Lipinski definition) is 1. The van der Waals surface area contributed by atoms with Crippen LogP contribution >= 0.6 is 0 Å². The van der Waals surface area contributed by atoms with Crippen LogP contribution in [0.2, 0.25) is 0 Å². The number of carbonyl (C=O) groups is 1. The van der Waals surface area contributed by atoms with Gasteiger partial charge in [0, 0.05) is 19.0 Å². The zero-order valence-electron chi connectivity index (χ0n) is 11.2. The lowest BCUT2D eigenvalue weighted by Crippen LogP contribution is -2.17. The van der Waals surface area contributed by atoms with E-state index in [1.54, 1.807) is 25.2 Å². The van der Waals surface area contributed by atoms with Crippen molar-refractivity contribution in [3.8, 4) is 5.75 Å². The second kappa shape index (κ2) is 6.70. The summed E-state index contributed by atoms with van der Waals surface area (Å²) in [4.78, 5) is 11.5. The van der Waals surface area contributed by atoms with Gasteiger partial charge in [0.2, 0.25) is 0 Å². The third-order valence-electron chi connectivity index (χ3n) is 2.89. The van der Waals surface area contributed by atoms with Gasteiger partial charge in [0.05, 0.1) is 6.61 Å². The van der Waals surface area contributed by atoms with Crippen LogP contribution in [0.3, 0.4) is 0 Å². The highest BCUT2D eigenvalue weighted by atomic mass is 19.1. The van der Waals surface area contributed by atoms with Gasteiger partial charge in [-0.1, -0.05) is 12.1 Å². The molecule has 0 saturated carbocycles. The Morgan fingerprint density at radius 3 is 2.65 bits per heavy atom. The summed E-state index contributed by atoms with van der Waals surface area (Å²) >= 11 is 0. The second-order valence-electron chi connectivity index (χ2n) is 4.33. The van der Waals surface area contributed by atoms with Gasteiger partial charge in [0.25, 0.3) is 5.91 Å². The number of nitrogens with one attached hydrogen (secondary N) is 1. The van der Waals surface area contributed by atoms with E-state index in [0.29, 0.717) is 24.3 Å². The highest BCUT2D eigenvalue weighted by Crippen LogP contribution is 2.12. The van der Waals surface area contributed by atoms with Gasteiger partial charge < -0.3 is 10.1 Å². The number of halogens is 1. The minimum atomic E-state index is -0.282. The van der Waals surface area contributed by atoms with Crippen LogP contribution < -0.4 is 10.1 Å². The zero-order chi connectivity index (χ0) is 14.4. The van der Waals surface area contributed by atoms with Gasteiger partial charge in [-0.2, -0.15) is 0 Å². The fourth-order valence-corrected chi connectivity index (χ4v) is 1.83. The quantitative estimate of drug-likeness (QED) is 0.909. The largest absolute Gasteiger partial charge is 0.493 e. The molecule has 1 N–H and O–H groups in total. The van der Waals surface area contributed by atoms with Crippen LogP contribution in [0.4, 0.5) is 4.39 Å². The van der Waals surface area contributed by atoms with Crippen LogP contribution in [0.25, 0.3) is 0 Å². The number of hydrogen-bond acceptors (Lipinski definition) is 2. The van der Waals surface area contributed by atoms with E-state index in [4.69, 9.17) is 4.74 Å². The van der Waals surface area contributed by atoms with E-state index < -0.39 is 0 Å². The van der Waals surface area contributed by atoms with Gasteiger partial charge in [-0.25, -0.2) is 4.39 Å². The first-order chi connectivity index (χ1) is 9.69. The Labute approximate surface area is 117 Å². The average molecular weight is 273 g/mol. The SMILES string of the molecule is CNC(=O)c1cccc(CCOc2ccc(F)cc2)c1. The van der Waals surface area contributed by atoms with Crippen LogP contribution in [0.15, 0.2) is 48.5 Å². The smallest absolute Gasteiger partial charge is 0.251 e. The van der Waals surface area contributed by atoms with Gasteiger partial charge in [-0.15, -0.1) is 0 Å². The summed E-state index contributed by atoms with van der Waals surface area (Å²) < 4.78 is 18.3. The topological polar surface area (TPSA) is 38.3 Å². The fourth-order valence-electron chi connectivity index (χ4n) is 1.83. The summed E-state index contributed by atoms with van der Waals surface area (Å²) in [5, 5.41) is 2.59. The van der Waals surface area contributed by atoms with Gasteiger partial charge in [-0.05, 0) is 42.0 Å². The number of rotatable bonds is 5. The molecule has 4 heteroatoms. The van der Waals surface area contributed by atoms with E-state index in [1.807, 2.05) is 18.2 Å². The lowest BCUT2D eigenvalue weighted by atomic mass is 10.1. The third-order valence-corrected chi connectivity index (χ3v) is 2.89. The Balaban J connectivity index is 1.91. The molecule has 0 aliphatic rings. The van der Waals surface area contributed by atoms with Crippen LogP contribution in [-0.2, 0) is 6.42 Å². The lowest BCUT2D eigenvalue weighted by Gasteiger charge is -2.07. The minimum Gasteiger partial charge on any atom is -0.493 e. The molecule has 0 radical (unpaired) electrons. The highest BCUT2D eigenvalue weighted by molar-refractivity contribution is 5.94. The van der Waals surface area contributed by atoms with E-state index >= 15 is 0 Å². The van der Waals surface area contributed by atoms with Crippen molar-refractivity contribution in [2.75, 3.05) is 13.7 Å². The molecule has 1 amide bonds. The molecule has 20 heavy (non-hydrogen) atoms. The van der Waals surface area contributed by atoms with Crippen molar-refractivity contribution in [3.63, 3.8) is 0 Å². The maximum absolute atomic E-state index is 12.7. The van der Waals surface area contributed by atoms with Crippen molar-refractivity contribution in [1.29, 1.82) is 0 Å². The molecule has 0 aliphatic heterocycles. The molecule has 0 bridgehead atoms. The van der Waals surface area contributed by atoms with E-state index in [2.05, 4.69) is 5.32 Å². The summed E-state index contributed by atoms with van der Waals surface area (Å²) in [5.41, 5.74) is 1.65. The molecular formula is C16H16FNO2. The molecule has 3 nitrogen and oxygen atoms in total. The van der Waals surface area contributed by atoms with Crippen molar-refractivity contribution in [1.82, 2.24) is 5.32 Å². The third kappa shape index (κ3) is 3.82. The average Bonchev–Trinajstić information content (AvgIpc) is 2.49. The summed E-state index contributed by atoms with van der Waals surface area (Å²) in [6.07, 6.45) is 0.683. The molecule has 104 valence electrons. The monoisotopic (exact) mass is 273 g/mol. The maximum Gasteiger partial charge on any atom is 0.251 e. The van der Waals surface area contributed by atoms with Crippen LogP contribution in [0.1, 0.15) is 15.9 Å². The van der Waals surface area contributed by atoms with E-state index in [1.165, 1.54) is 12.1 Å². The maximum atomic E-state index is 12.7. The van der Waals surface area contributed by atoms with Crippen molar-refractivity contribution >= 4 is 5.91 Å². The predicted octanol–water partition coefficient (Wildman–Crippen LogP) is 2.81. The Morgan fingerprint density at radius 2 is 1.95 bits per heavy atom. The Hall–Kier alpha value is -2.36. The standard InChI is InChI=1S/C16H16FNO2/c1-18-16(19)13-4-2-3-12(11-13)9-10-20-15-7-5-14(17)6-8-15/h2-8,11H,9-10H2,1H3,(H,18,19). The Bertz CT molecular complexity index is 581. The molecule has 0 aliphatic carbocycles. The molecule has 0 heterocycles. The molecular weight excluding hydrogens is 257 g/mol. The molecule has 0 aromatic heterocycles. The van der Waals surface area contributed by atoms with Crippen LogP contribution in [0, 0.1) is 5.82 Å². The van der Waals surface area contributed by atoms with Crippen LogP contribution in [0.5, 0.6) is 5.75 Å². The van der Waals surface area contributed by atoms with Gasteiger partial charge in [0.1, 0.15) is 11.6 Å².